The fraction of sp³-hybridized carbons (Fsp3) is 0.500. The molecule has 0 aromatic rings. The Bertz CT molecular complexity index is 49.7. The van der Waals surface area contributed by atoms with Crippen LogP contribution in [0.4, 0.5) is 0 Å². The van der Waals surface area contributed by atoms with Crippen molar-refractivity contribution in [2.24, 2.45) is 0 Å². The first-order valence-electron chi connectivity index (χ1n) is 1.71. The highest BCUT2D eigenvalue weighted by Gasteiger charge is 1.17. The van der Waals surface area contributed by atoms with Gasteiger partial charge in [-0.15, -0.1) is 6.58 Å². The zero-order valence-electron chi connectivity index (χ0n) is 4.23. The fourth-order valence-electron chi connectivity index (χ4n) is 0. The van der Waals surface area contributed by atoms with Gasteiger partial charge in [0.05, 0.1) is 6.07 Å². The molecule has 0 unspecified atom stereocenters. The van der Waals surface area contributed by atoms with Crippen molar-refractivity contribution < 1.29 is 0 Å². The molecule has 0 atom stereocenters. The Morgan fingerprint density at radius 1 is 1.71 bits per heavy atom. The summed E-state index contributed by atoms with van der Waals surface area (Å²) in [7, 11) is 0. The van der Waals surface area contributed by atoms with Crippen LogP contribution >= 0.6 is 0 Å². The number of rotatable bonds is 0. The molecule has 42 valence electrons. The smallest absolute Gasteiger partial charge is 0.0587 e. The third kappa shape index (κ3) is 92.0. The second kappa shape index (κ2) is 61.9. The Kier molecular flexibility index (Phi) is 144. The Morgan fingerprint density at radius 2 is 1.71 bits per heavy atom. The van der Waals surface area contributed by atoms with Gasteiger partial charge in [-0.3, -0.25) is 0 Å². The van der Waals surface area contributed by atoms with Crippen molar-refractivity contribution in [1.29, 1.82) is 5.26 Å². The minimum absolute atomic E-state index is 0. The summed E-state index contributed by atoms with van der Waals surface area (Å²) in [5, 5.41) is 7.32. The van der Waals surface area contributed by atoms with Gasteiger partial charge in [-0.2, -0.15) is 5.26 Å². The predicted octanol–water partition coefficient (Wildman–Crippen LogP) is 2.36. The lowest BCUT2D eigenvalue weighted by Gasteiger charge is -1.31. The zero-order chi connectivity index (χ0) is 5.41. The van der Waals surface area contributed by atoms with E-state index < -0.39 is 0 Å². The molecule has 0 spiro atoms. The topological polar surface area (TPSA) is 23.8 Å². The van der Waals surface area contributed by atoms with Crippen LogP contribution in [0.15, 0.2) is 12.7 Å². The van der Waals surface area contributed by atoms with Crippen molar-refractivity contribution in [3.8, 4) is 6.07 Å². The quantitative estimate of drug-likeness (QED) is 0.428. The Hall–Kier alpha value is -0.770. The lowest BCUT2D eigenvalue weighted by Crippen LogP contribution is -1.10. The van der Waals surface area contributed by atoms with E-state index in [1.807, 2.05) is 6.92 Å². The maximum absolute atomic E-state index is 7.32. The van der Waals surface area contributed by atoms with Crippen molar-refractivity contribution in [1.82, 2.24) is 0 Å². The highest BCUT2D eigenvalue weighted by molar-refractivity contribution is 4.51. The summed E-state index contributed by atoms with van der Waals surface area (Å²) in [6.45, 7) is 6.68. The Morgan fingerprint density at radius 3 is 1.71 bits per heavy atom. The number of nitriles is 1. The van der Waals surface area contributed by atoms with Gasteiger partial charge in [-0.05, 0) is 6.92 Å². The SMILES string of the molecule is C.C=CC.CC#N. The molecule has 0 rings (SSSR count). The largest absolute Gasteiger partial charge is 0.199 e. The van der Waals surface area contributed by atoms with E-state index in [1.165, 1.54) is 6.92 Å². The van der Waals surface area contributed by atoms with Crippen molar-refractivity contribution in [2.75, 3.05) is 0 Å². The third-order valence-corrected chi connectivity index (χ3v) is 0. The first kappa shape index (κ1) is 16.3. The molecule has 0 saturated carbocycles. The van der Waals surface area contributed by atoms with Gasteiger partial charge in [-0.25, -0.2) is 0 Å². The van der Waals surface area contributed by atoms with Gasteiger partial charge in [-0.1, -0.05) is 13.5 Å². The third-order valence-electron chi connectivity index (χ3n) is 0. The van der Waals surface area contributed by atoms with Crippen LogP contribution in [0.25, 0.3) is 0 Å². The molecular weight excluding hydrogens is 86.1 g/mol. The minimum atomic E-state index is 0. The van der Waals surface area contributed by atoms with Crippen molar-refractivity contribution in [3.05, 3.63) is 12.7 Å². The summed E-state index contributed by atoms with van der Waals surface area (Å²) in [4.78, 5) is 0. The standard InChI is InChI=1S/C3H6.C2H3N.CH4/c1-3-2;1-2-3;/h3H,1H2,2H3;1H3;1H4. The minimum Gasteiger partial charge on any atom is -0.199 e. The van der Waals surface area contributed by atoms with Gasteiger partial charge < -0.3 is 0 Å². The average molecular weight is 99.2 g/mol. The molecule has 0 saturated heterocycles. The maximum Gasteiger partial charge on any atom is 0.0587 e. The van der Waals surface area contributed by atoms with Gasteiger partial charge in [0.15, 0.2) is 0 Å². The second-order valence-corrected chi connectivity index (χ2v) is 0.632. The first-order chi connectivity index (χ1) is 2.83. The van der Waals surface area contributed by atoms with Gasteiger partial charge in [0.1, 0.15) is 0 Å². The van der Waals surface area contributed by atoms with Crippen LogP contribution in [0, 0.1) is 11.3 Å². The normalized spacial score (nSPS) is 3.00. The van der Waals surface area contributed by atoms with Crippen molar-refractivity contribution >= 4 is 0 Å². The highest BCUT2D eigenvalue weighted by atomic mass is 14.2. The lowest BCUT2D eigenvalue weighted by atomic mass is 10.8. The summed E-state index contributed by atoms with van der Waals surface area (Å²) < 4.78 is 0. The summed E-state index contributed by atoms with van der Waals surface area (Å²) >= 11 is 0. The molecule has 0 aliphatic rings. The molecule has 0 N–H and O–H groups in total. The Balaban J connectivity index is -0.0000000400. The van der Waals surface area contributed by atoms with Gasteiger partial charge in [0, 0.05) is 6.92 Å². The number of allylic oxidation sites excluding steroid dienone is 1. The van der Waals surface area contributed by atoms with Crippen LogP contribution in [-0.4, -0.2) is 0 Å². The number of hydrogen-bond donors (Lipinski definition) is 0. The molecule has 0 amide bonds. The lowest BCUT2D eigenvalue weighted by molar-refractivity contribution is 1.49. The maximum atomic E-state index is 7.32. The molecule has 1 heteroatoms. The molecule has 7 heavy (non-hydrogen) atoms. The molecule has 1 nitrogen and oxygen atoms in total. The van der Waals surface area contributed by atoms with E-state index in [4.69, 9.17) is 5.26 Å². The average Bonchev–Trinajstić information content (AvgIpc) is 1.39. The van der Waals surface area contributed by atoms with Crippen molar-refractivity contribution in [3.63, 3.8) is 0 Å². The first-order valence-corrected chi connectivity index (χ1v) is 1.71. The van der Waals surface area contributed by atoms with Crippen LogP contribution in [0.3, 0.4) is 0 Å². The van der Waals surface area contributed by atoms with Crippen LogP contribution in [0.1, 0.15) is 21.3 Å². The van der Waals surface area contributed by atoms with Crippen LogP contribution in [0.5, 0.6) is 0 Å². The number of hydrogen-bond acceptors (Lipinski definition) is 1. The van der Waals surface area contributed by atoms with E-state index in [-0.39, 0.29) is 7.43 Å². The van der Waals surface area contributed by atoms with Crippen LogP contribution in [-0.2, 0) is 0 Å². The zero-order valence-corrected chi connectivity index (χ0v) is 4.23. The second-order valence-electron chi connectivity index (χ2n) is 0.632. The van der Waals surface area contributed by atoms with Gasteiger partial charge in [0.2, 0.25) is 0 Å². The van der Waals surface area contributed by atoms with Gasteiger partial charge in [0.25, 0.3) is 0 Å². The molecule has 0 radical (unpaired) electrons. The van der Waals surface area contributed by atoms with E-state index >= 15 is 0 Å². The molecule has 0 heterocycles. The van der Waals surface area contributed by atoms with E-state index in [0.29, 0.717) is 0 Å². The van der Waals surface area contributed by atoms with Crippen LogP contribution in [0.2, 0.25) is 0 Å². The summed E-state index contributed by atoms with van der Waals surface area (Å²) in [6.07, 6.45) is 1.75. The summed E-state index contributed by atoms with van der Waals surface area (Å²) in [5.41, 5.74) is 0. The summed E-state index contributed by atoms with van der Waals surface area (Å²) in [5.74, 6) is 0. The van der Waals surface area contributed by atoms with E-state index in [1.54, 1.807) is 12.1 Å². The van der Waals surface area contributed by atoms with E-state index in [0.717, 1.165) is 0 Å². The Labute approximate surface area is 46.3 Å². The van der Waals surface area contributed by atoms with Crippen molar-refractivity contribution in [2.45, 2.75) is 21.3 Å². The molecular formula is C6H13N. The molecule has 0 aromatic heterocycles. The highest BCUT2D eigenvalue weighted by Crippen LogP contribution is 1.38. The fourth-order valence-corrected chi connectivity index (χ4v) is 0. The molecule has 0 aliphatic carbocycles. The van der Waals surface area contributed by atoms with Gasteiger partial charge >= 0.3 is 0 Å². The summed E-state index contributed by atoms with van der Waals surface area (Å²) in [6, 6.07) is 1.75. The molecule has 0 bridgehead atoms. The molecule has 0 fully saturated rings. The molecule has 0 aromatic carbocycles. The van der Waals surface area contributed by atoms with E-state index in [2.05, 4.69) is 6.58 Å². The van der Waals surface area contributed by atoms with Crippen LogP contribution < -0.4 is 0 Å². The monoisotopic (exact) mass is 99.1 g/mol. The van der Waals surface area contributed by atoms with E-state index in [9.17, 15) is 0 Å². The molecule has 0 aliphatic heterocycles. The number of nitrogens with zero attached hydrogens (tertiary/aromatic N) is 1. The predicted molar refractivity (Wildman–Crippen MR) is 33.9 cm³/mol.